The largest absolute Gasteiger partial charge is 0.399 e. The van der Waals surface area contributed by atoms with Crippen LogP contribution in [0.2, 0.25) is 0 Å². The van der Waals surface area contributed by atoms with Crippen LogP contribution in [0.3, 0.4) is 0 Å². The summed E-state index contributed by atoms with van der Waals surface area (Å²) in [5.74, 6) is -0.0802. The highest BCUT2D eigenvalue weighted by Gasteiger charge is 2.35. The Bertz CT molecular complexity index is 2650. The summed E-state index contributed by atoms with van der Waals surface area (Å²) in [7, 11) is 0. The van der Waals surface area contributed by atoms with Crippen LogP contribution in [0.15, 0.2) is 142 Å². The maximum Gasteiger partial charge on any atom is 0.223 e. The molecule has 2 aliphatic heterocycles. The van der Waals surface area contributed by atoms with Gasteiger partial charge in [0.15, 0.2) is 0 Å². The molecule has 0 spiro atoms. The van der Waals surface area contributed by atoms with Gasteiger partial charge in [0.05, 0.1) is 46.3 Å². The molecule has 1 saturated carbocycles. The van der Waals surface area contributed by atoms with Gasteiger partial charge in [-0.05, 0) is 148 Å². The Balaban J connectivity index is 0.738. The summed E-state index contributed by atoms with van der Waals surface area (Å²) in [5.41, 5.74) is 28.3. The third-order valence-corrected chi connectivity index (χ3v) is 13.2. The molecule has 0 saturated heterocycles. The molecule has 0 radical (unpaired) electrons. The van der Waals surface area contributed by atoms with Gasteiger partial charge in [-0.25, -0.2) is 9.98 Å². The second-order valence-electron chi connectivity index (χ2n) is 17.6. The second-order valence-corrected chi connectivity index (χ2v) is 17.6. The highest BCUT2D eigenvalue weighted by molar-refractivity contribution is 6.12. The molecule has 2 heterocycles. The van der Waals surface area contributed by atoms with Gasteiger partial charge in [-0.15, -0.1) is 0 Å². The molecule has 8 N–H and O–H groups in total. The number of hydrogen-bond donors (Lipinski definition) is 6. The smallest absolute Gasteiger partial charge is 0.223 e. The first-order valence-corrected chi connectivity index (χ1v) is 22.5. The van der Waals surface area contributed by atoms with E-state index < -0.39 is 0 Å². The third kappa shape index (κ3) is 8.52. The van der Waals surface area contributed by atoms with E-state index in [-0.39, 0.29) is 35.7 Å². The zero-order valence-electron chi connectivity index (χ0n) is 37.1. The van der Waals surface area contributed by atoms with Gasteiger partial charge in [-0.2, -0.15) is 0 Å². The van der Waals surface area contributed by atoms with Crippen molar-refractivity contribution in [1.29, 1.82) is 0 Å². The number of aliphatic imine (C=N–C) groups is 2. The van der Waals surface area contributed by atoms with Crippen LogP contribution in [0.5, 0.6) is 0 Å². The van der Waals surface area contributed by atoms with Crippen LogP contribution in [-0.2, 0) is 9.59 Å². The van der Waals surface area contributed by atoms with Gasteiger partial charge in [0.2, 0.25) is 11.8 Å². The molecule has 12 nitrogen and oxygen atoms in total. The van der Waals surface area contributed by atoms with Gasteiger partial charge >= 0.3 is 0 Å². The predicted octanol–water partition coefficient (Wildman–Crippen LogP) is 8.46. The number of carbonyl (C=O) groups excluding carboxylic acids is 2. The van der Waals surface area contributed by atoms with E-state index in [9.17, 15) is 9.59 Å². The lowest BCUT2D eigenvalue weighted by Gasteiger charge is -2.39. The van der Waals surface area contributed by atoms with Gasteiger partial charge in [0.1, 0.15) is 0 Å². The number of nitrogen functional groups attached to an aromatic ring is 1. The van der Waals surface area contributed by atoms with Crippen LogP contribution < -0.4 is 42.5 Å². The lowest BCUT2D eigenvalue weighted by atomic mass is 9.81. The Morgan fingerprint density at radius 2 is 1.12 bits per heavy atom. The average Bonchev–Trinajstić information content (AvgIpc) is 3.29. The Morgan fingerprint density at radius 1 is 0.609 bits per heavy atom. The molecule has 1 fully saturated rings. The van der Waals surface area contributed by atoms with Crippen molar-refractivity contribution in [3.05, 3.63) is 143 Å². The molecule has 12 heteroatoms. The Hall–Kier alpha value is -7.08. The summed E-state index contributed by atoms with van der Waals surface area (Å²) in [6.45, 7) is 10.3. The Kier molecular flexibility index (Phi) is 11.8. The van der Waals surface area contributed by atoms with Crippen molar-refractivity contribution in [3.8, 4) is 0 Å². The fourth-order valence-corrected chi connectivity index (χ4v) is 9.51. The van der Waals surface area contributed by atoms with E-state index in [4.69, 9.17) is 21.5 Å². The summed E-state index contributed by atoms with van der Waals surface area (Å²) in [6.07, 6.45) is 11.3. The Labute approximate surface area is 376 Å². The number of aryl methyl sites for hydroxylation is 2. The highest BCUT2D eigenvalue weighted by Crippen LogP contribution is 2.45. The van der Waals surface area contributed by atoms with E-state index >= 15 is 0 Å². The number of nitrogens with zero attached hydrogens (tertiary/aromatic N) is 4. The van der Waals surface area contributed by atoms with Crippen LogP contribution in [0.4, 0.5) is 45.5 Å². The zero-order chi connectivity index (χ0) is 44.5. The molecular formula is C52H58N10O2. The van der Waals surface area contributed by atoms with Gasteiger partial charge < -0.3 is 42.5 Å². The van der Waals surface area contributed by atoms with Crippen molar-refractivity contribution < 1.29 is 9.59 Å². The van der Waals surface area contributed by atoms with Crippen LogP contribution in [-0.4, -0.2) is 61.5 Å². The molecule has 2 amide bonds. The van der Waals surface area contributed by atoms with E-state index in [2.05, 4.69) is 112 Å². The summed E-state index contributed by atoms with van der Waals surface area (Å²) >= 11 is 0. The van der Waals surface area contributed by atoms with Crippen molar-refractivity contribution in [2.45, 2.75) is 65.5 Å². The first-order valence-electron chi connectivity index (χ1n) is 22.5. The van der Waals surface area contributed by atoms with Crippen LogP contribution in [0.1, 0.15) is 50.7 Å². The number of amides is 2. The van der Waals surface area contributed by atoms with Gasteiger partial charge in [-0.1, -0.05) is 36.4 Å². The quantitative estimate of drug-likeness (QED) is 0.0611. The minimum absolute atomic E-state index is 0.0537. The number of hydrogen-bond acceptors (Lipinski definition) is 10. The highest BCUT2D eigenvalue weighted by atomic mass is 16.2. The number of benzene rings is 4. The van der Waals surface area contributed by atoms with Crippen molar-refractivity contribution in [1.82, 2.24) is 16.0 Å². The lowest BCUT2D eigenvalue weighted by Crippen LogP contribution is -2.42. The fraction of sp³-hybridized carbons (Fsp3) is 0.308. The number of rotatable bonds is 12. The first-order chi connectivity index (χ1) is 31.0. The molecule has 2 atom stereocenters. The average molecular weight is 855 g/mol. The number of carbonyl (C=O) groups is 2. The van der Waals surface area contributed by atoms with Gasteiger partial charge in [0, 0.05) is 72.2 Å². The maximum absolute atomic E-state index is 13.3. The summed E-state index contributed by atoms with van der Waals surface area (Å²) in [5, 5.41) is 13.4. The molecule has 4 aromatic carbocycles. The number of fused-ring (bicyclic) bond motifs is 4. The van der Waals surface area contributed by atoms with Crippen LogP contribution >= 0.6 is 0 Å². The Morgan fingerprint density at radius 3 is 1.72 bits per heavy atom. The predicted molar refractivity (Wildman–Crippen MR) is 262 cm³/mol. The summed E-state index contributed by atoms with van der Waals surface area (Å²) < 4.78 is 0. The molecular weight excluding hydrogens is 797 g/mol. The van der Waals surface area contributed by atoms with E-state index in [1.54, 1.807) is 0 Å². The topological polar surface area (TPSA) is 166 Å². The molecule has 0 aromatic heterocycles. The minimum Gasteiger partial charge on any atom is -0.399 e. The van der Waals surface area contributed by atoms with E-state index in [0.717, 1.165) is 90.6 Å². The second kappa shape index (κ2) is 18.0. The number of para-hydroxylation sites is 2. The van der Waals surface area contributed by atoms with E-state index in [0.29, 0.717) is 51.9 Å². The number of allylic oxidation sites excluding steroid dienone is 2. The van der Waals surface area contributed by atoms with E-state index in [1.165, 1.54) is 0 Å². The number of anilines is 6. The summed E-state index contributed by atoms with van der Waals surface area (Å²) in [6, 6.07) is 28.8. The maximum atomic E-state index is 13.3. The van der Waals surface area contributed by atoms with E-state index in [1.807, 2.05) is 56.3 Å². The van der Waals surface area contributed by atoms with Gasteiger partial charge in [-0.3, -0.25) is 9.59 Å². The molecule has 3 aliphatic carbocycles. The lowest BCUT2D eigenvalue weighted by molar-refractivity contribution is -0.130. The first kappa shape index (κ1) is 42.2. The summed E-state index contributed by atoms with van der Waals surface area (Å²) in [4.78, 5) is 41.3. The molecule has 64 heavy (non-hydrogen) atoms. The van der Waals surface area contributed by atoms with Crippen LogP contribution in [0, 0.1) is 25.7 Å². The molecule has 2 unspecified atom stereocenters. The third-order valence-electron chi connectivity index (χ3n) is 13.2. The molecule has 328 valence electrons. The molecule has 0 bridgehead atoms. The van der Waals surface area contributed by atoms with Crippen LogP contribution in [0.25, 0.3) is 0 Å². The number of nitrogens with two attached hydrogens (primary N) is 2. The fourth-order valence-electron chi connectivity index (χ4n) is 9.51. The molecule has 5 aliphatic rings. The molecule has 9 rings (SSSR count). The normalized spacial score (nSPS) is 20.9. The monoisotopic (exact) mass is 854 g/mol. The minimum atomic E-state index is -0.117. The van der Waals surface area contributed by atoms with Crippen molar-refractivity contribution in [2.75, 3.05) is 47.0 Å². The van der Waals surface area contributed by atoms with Crippen molar-refractivity contribution in [2.24, 2.45) is 27.6 Å². The standard InChI is InChI=1S/C52H58N10O2/c1-31-23-43-49(28-40(31)54)62(38-13-9-6-10-14-38)50-30-42(33(3)25-45(50)59-43)56-20-22-58-52(64)36-17-15-35(16-18-36)51(63)57-21-19-55-41-29-46-47(26-34(41)4)61(37-11-7-5-8-12-37)48-27-39(53)32(2)24-44(48)60-46/h5-14,23-30,35-36,48,50,55-56H,15-22,53-54H2,1-4H3,(H,57,63)(H,58,64). The van der Waals surface area contributed by atoms with Crippen molar-refractivity contribution in [3.63, 3.8) is 0 Å². The number of nitrogens with one attached hydrogen (secondary N) is 4. The zero-order valence-corrected chi connectivity index (χ0v) is 37.1. The van der Waals surface area contributed by atoms with Crippen molar-refractivity contribution >= 4 is 68.7 Å². The SMILES string of the molecule is CC1=CC2=Nc3cc(NCCNC(=O)C4CCC(C(=O)NCCNC5=CC6C(=Nc7cc(C)c(N)cc7N6c6ccccc6)C=C5C)CC4)c(C)cc3N(c3ccccc3)C2C=C1N. The van der Waals surface area contributed by atoms with Gasteiger partial charge in [0.25, 0.3) is 0 Å². The molecule has 4 aromatic rings.